The summed E-state index contributed by atoms with van der Waals surface area (Å²) in [5.41, 5.74) is 1.68. The van der Waals surface area contributed by atoms with Crippen molar-refractivity contribution in [2.24, 2.45) is 0 Å². The Balaban J connectivity index is 1.62. The normalized spacial score (nSPS) is 21.2. The van der Waals surface area contributed by atoms with E-state index in [0.29, 0.717) is 34.6 Å². The molecule has 1 atom stereocenters. The van der Waals surface area contributed by atoms with Crippen LogP contribution in [-0.4, -0.2) is 26.4 Å². The lowest BCUT2D eigenvalue weighted by atomic mass is 9.97. The minimum absolute atomic E-state index is 0.0259. The topological polar surface area (TPSA) is 41.3 Å². The molecule has 4 rings (SSSR count). The van der Waals surface area contributed by atoms with Crippen LogP contribution in [0.1, 0.15) is 36.8 Å². The van der Waals surface area contributed by atoms with Gasteiger partial charge in [0.15, 0.2) is 0 Å². The molecule has 1 saturated heterocycles. The number of hydrogen-bond acceptors (Lipinski definition) is 3. The maximum absolute atomic E-state index is 10.2. The van der Waals surface area contributed by atoms with Gasteiger partial charge < -0.3 is 10.0 Å². The Bertz CT molecular complexity index is 788. The number of aromatic nitrogens is 2. The van der Waals surface area contributed by atoms with Crippen molar-refractivity contribution in [2.75, 3.05) is 11.4 Å². The van der Waals surface area contributed by atoms with Crippen LogP contribution in [-0.2, 0) is 0 Å². The number of halogens is 2. The van der Waals surface area contributed by atoms with Gasteiger partial charge in [0.25, 0.3) is 0 Å². The van der Waals surface area contributed by atoms with E-state index in [0.717, 1.165) is 10.7 Å². The van der Waals surface area contributed by atoms with E-state index in [4.69, 9.17) is 35.4 Å². The molecule has 1 aliphatic carbocycles. The van der Waals surface area contributed by atoms with E-state index >= 15 is 0 Å². The van der Waals surface area contributed by atoms with Gasteiger partial charge in [0.05, 0.1) is 33.0 Å². The van der Waals surface area contributed by atoms with Crippen molar-refractivity contribution in [1.82, 2.24) is 9.78 Å². The average molecular weight is 368 g/mol. The fraction of sp³-hybridized carbons (Fsp3) is 0.375. The summed E-state index contributed by atoms with van der Waals surface area (Å²) in [6.07, 6.45) is 6.95. The fourth-order valence-corrected chi connectivity index (χ4v) is 3.96. The van der Waals surface area contributed by atoms with Gasteiger partial charge in [-0.1, -0.05) is 35.4 Å². The van der Waals surface area contributed by atoms with Gasteiger partial charge in [-0.25, -0.2) is 0 Å². The van der Waals surface area contributed by atoms with E-state index in [1.807, 2.05) is 17.1 Å². The Labute approximate surface area is 149 Å². The van der Waals surface area contributed by atoms with Crippen LogP contribution in [0.3, 0.4) is 0 Å². The van der Waals surface area contributed by atoms with E-state index in [1.165, 1.54) is 12.8 Å². The molecule has 0 radical (unpaired) electrons. The molecular weight excluding hydrogens is 353 g/mol. The molecule has 23 heavy (non-hydrogen) atoms. The molecule has 2 heterocycles. The standard InChI is InChI=1S/C16H15Cl2N3OS/c17-12-3-4-13(22)15(16(12)18)9-5-14(23)20(7-9)11-6-19-21(8-11)10-1-2-10/h3-4,6,8-10,22H,1-2,5,7H2. The smallest absolute Gasteiger partial charge is 0.120 e. The third kappa shape index (κ3) is 2.71. The van der Waals surface area contributed by atoms with Gasteiger partial charge in [-0.2, -0.15) is 5.10 Å². The van der Waals surface area contributed by atoms with Crippen LogP contribution in [0, 0.1) is 0 Å². The molecular formula is C16H15Cl2N3OS. The van der Waals surface area contributed by atoms with Crippen LogP contribution >= 0.6 is 35.4 Å². The largest absolute Gasteiger partial charge is 0.508 e. The van der Waals surface area contributed by atoms with Crippen LogP contribution in [0.4, 0.5) is 5.69 Å². The Morgan fingerprint density at radius 1 is 1.26 bits per heavy atom. The Morgan fingerprint density at radius 2 is 2.04 bits per heavy atom. The van der Waals surface area contributed by atoms with Gasteiger partial charge in [0.1, 0.15) is 5.75 Å². The molecule has 0 bridgehead atoms. The van der Waals surface area contributed by atoms with Crippen LogP contribution < -0.4 is 4.90 Å². The maximum atomic E-state index is 10.2. The molecule has 2 fully saturated rings. The van der Waals surface area contributed by atoms with Crippen molar-refractivity contribution >= 4 is 46.1 Å². The molecule has 2 aromatic rings. The minimum Gasteiger partial charge on any atom is -0.508 e. The summed E-state index contributed by atoms with van der Waals surface area (Å²) in [4.78, 5) is 2.91. The molecule has 1 N–H and O–H groups in total. The summed E-state index contributed by atoms with van der Waals surface area (Å²) in [6, 6.07) is 3.73. The van der Waals surface area contributed by atoms with Crippen molar-refractivity contribution in [3.05, 3.63) is 40.1 Å². The summed E-state index contributed by atoms with van der Waals surface area (Å²) in [7, 11) is 0. The number of aromatic hydroxyl groups is 1. The van der Waals surface area contributed by atoms with Crippen molar-refractivity contribution in [1.29, 1.82) is 0 Å². The third-order valence-corrected chi connectivity index (χ3v) is 5.67. The van der Waals surface area contributed by atoms with Gasteiger partial charge >= 0.3 is 0 Å². The lowest BCUT2D eigenvalue weighted by Crippen LogP contribution is -2.22. The van der Waals surface area contributed by atoms with Crippen LogP contribution in [0.5, 0.6) is 5.75 Å². The van der Waals surface area contributed by atoms with Crippen molar-refractivity contribution in [3.8, 4) is 5.75 Å². The molecule has 2 aliphatic rings. The quantitative estimate of drug-likeness (QED) is 0.807. The predicted molar refractivity (Wildman–Crippen MR) is 95.9 cm³/mol. The number of rotatable bonds is 3. The number of phenolic OH excluding ortho intramolecular Hbond substituents is 1. The first kappa shape index (κ1) is 15.2. The zero-order valence-electron chi connectivity index (χ0n) is 12.2. The van der Waals surface area contributed by atoms with Crippen molar-refractivity contribution in [3.63, 3.8) is 0 Å². The van der Waals surface area contributed by atoms with E-state index in [1.54, 1.807) is 12.1 Å². The zero-order chi connectivity index (χ0) is 16.1. The second-order valence-electron chi connectivity index (χ2n) is 6.11. The summed E-state index contributed by atoms with van der Waals surface area (Å²) in [5.74, 6) is 0.195. The molecule has 1 aromatic heterocycles. The number of phenols is 1. The van der Waals surface area contributed by atoms with Crippen LogP contribution in [0.15, 0.2) is 24.5 Å². The van der Waals surface area contributed by atoms with E-state index < -0.39 is 0 Å². The number of benzene rings is 1. The first-order valence-electron chi connectivity index (χ1n) is 7.56. The molecule has 1 aliphatic heterocycles. The number of thiocarbonyl (C=S) groups is 1. The number of hydrogen-bond donors (Lipinski definition) is 1. The molecule has 7 heteroatoms. The van der Waals surface area contributed by atoms with Crippen LogP contribution in [0.25, 0.3) is 0 Å². The van der Waals surface area contributed by atoms with Gasteiger partial charge in [-0.3, -0.25) is 4.68 Å². The Morgan fingerprint density at radius 3 is 2.78 bits per heavy atom. The zero-order valence-corrected chi connectivity index (χ0v) is 14.6. The molecule has 1 aromatic carbocycles. The average Bonchev–Trinajstić information content (AvgIpc) is 3.14. The highest BCUT2D eigenvalue weighted by Gasteiger charge is 2.33. The third-order valence-electron chi connectivity index (χ3n) is 4.46. The number of anilines is 1. The lowest BCUT2D eigenvalue weighted by molar-refractivity contribution is 0.463. The molecule has 120 valence electrons. The van der Waals surface area contributed by atoms with E-state index in [2.05, 4.69) is 10.00 Å². The predicted octanol–water partition coefficient (Wildman–Crippen LogP) is 4.55. The summed E-state index contributed by atoms with van der Waals surface area (Å²) < 4.78 is 2.01. The summed E-state index contributed by atoms with van der Waals surface area (Å²) in [5, 5.41) is 15.5. The van der Waals surface area contributed by atoms with Crippen molar-refractivity contribution in [2.45, 2.75) is 31.2 Å². The van der Waals surface area contributed by atoms with Gasteiger partial charge in [-0.15, -0.1) is 0 Å². The lowest BCUT2D eigenvalue weighted by Gasteiger charge is -2.17. The number of nitrogens with zero attached hydrogens (tertiary/aromatic N) is 3. The maximum Gasteiger partial charge on any atom is 0.120 e. The monoisotopic (exact) mass is 367 g/mol. The molecule has 4 nitrogen and oxygen atoms in total. The van der Waals surface area contributed by atoms with Crippen LogP contribution in [0.2, 0.25) is 10.0 Å². The van der Waals surface area contributed by atoms with Crippen molar-refractivity contribution < 1.29 is 5.11 Å². The Hall–Kier alpha value is -1.30. The fourth-order valence-electron chi connectivity index (χ4n) is 3.10. The first-order valence-corrected chi connectivity index (χ1v) is 8.72. The van der Waals surface area contributed by atoms with E-state index in [-0.39, 0.29) is 11.7 Å². The highest BCUT2D eigenvalue weighted by Crippen LogP contribution is 2.43. The van der Waals surface area contributed by atoms with Gasteiger partial charge in [0, 0.05) is 30.6 Å². The summed E-state index contributed by atoms with van der Waals surface area (Å²) in [6.45, 7) is 0.669. The molecule has 1 saturated carbocycles. The summed E-state index contributed by atoms with van der Waals surface area (Å²) >= 11 is 17.9. The second-order valence-corrected chi connectivity index (χ2v) is 7.37. The highest BCUT2D eigenvalue weighted by molar-refractivity contribution is 7.80. The second kappa shape index (κ2) is 5.65. The molecule has 0 amide bonds. The minimum atomic E-state index is 0.0259. The van der Waals surface area contributed by atoms with E-state index in [9.17, 15) is 5.11 Å². The van der Waals surface area contributed by atoms with Gasteiger partial charge in [0.2, 0.25) is 0 Å². The SMILES string of the molecule is Oc1ccc(Cl)c(Cl)c1C1CC(=S)N(c2cnn(C3CC3)c2)C1. The highest BCUT2D eigenvalue weighted by atomic mass is 35.5. The molecule has 1 unspecified atom stereocenters. The first-order chi connectivity index (χ1) is 11.0. The molecule has 0 spiro atoms. The Kier molecular flexibility index (Phi) is 3.75. The van der Waals surface area contributed by atoms with Gasteiger partial charge in [-0.05, 0) is 25.0 Å².